The Morgan fingerprint density at radius 2 is 1.89 bits per heavy atom. The van der Waals surface area contributed by atoms with Crippen LogP contribution in [0.1, 0.15) is 37.2 Å². The lowest BCUT2D eigenvalue weighted by Gasteiger charge is -2.35. The Kier molecular flexibility index (Phi) is 2.99. The van der Waals surface area contributed by atoms with Gasteiger partial charge in [0.25, 0.3) is 0 Å². The molecule has 1 saturated carbocycles. The molecule has 18 heavy (non-hydrogen) atoms. The normalized spacial score (nSPS) is 23.6. The van der Waals surface area contributed by atoms with Crippen LogP contribution in [0.25, 0.3) is 0 Å². The number of rotatable bonds is 1. The van der Waals surface area contributed by atoms with Crippen LogP contribution < -0.4 is 5.56 Å². The van der Waals surface area contributed by atoms with Crippen molar-refractivity contribution in [3.05, 3.63) is 34.2 Å². The van der Waals surface area contributed by atoms with Crippen LogP contribution in [0, 0.1) is 0 Å². The molecule has 0 atom stereocenters. The average molecular weight is 249 g/mol. The number of aryl methyl sites for hydroxylation is 1. The van der Waals surface area contributed by atoms with Crippen molar-refractivity contribution in [3.8, 4) is 0 Å². The van der Waals surface area contributed by atoms with Gasteiger partial charge in [0.2, 0.25) is 5.56 Å². The minimum Gasteiger partial charge on any atom is -0.348 e. The Balaban J connectivity index is 1.72. The number of hydrogen-bond donors (Lipinski definition) is 0. The highest BCUT2D eigenvalue weighted by molar-refractivity contribution is 5.16. The second-order valence-corrected chi connectivity index (χ2v) is 5.29. The minimum atomic E-state index is -0.294. The third kappa shape index (κ3) is 2.10. The predicted molar refractivity (Wildman–Crippen MR) is 67.5 cm³/mol. The zero-order valence-corrected chi connectivity index (χ0v) is 10.7. The molecular formula is C14H19NO3. The lowest BCUT2D eigenvalue weighted by Crippen LogP contribution is -2.34. The van der Waals surface area contributed by atoms with E-state index in [-0.39, 0.29) is 11.3 Å². The molecule has 1 aliphatic heterocycles. The van der Waals surface area contributed by atoms with Crippen molar-refractivity contribution in [1.29, 1.82) is 0 Å². The first-order valence-corrected chi connectivity index (χ1v) is 6.63. The molecule has 3 rings (SSSR count). The molecule has 0 unspecified atom stereocenters. The van der Waals surface area contributed by atoms with Crippen LogP contribution in [0.2, 0.25) is 0 Å². The molecule has 1 spiro atoms. The lowest BCUT2D eigenvalue weighted by molar-refractivity contribution is -0.178. The standard InChI is InChI=1S/C14H19NO3/c1-15-10-12(2-3-13(15)16)11-4-6-14(7-5-11)17-8-9-18-14/h2-3,10-11H,4-9H2,1H3. The Hall–Kier alpha value is -1.13. The average Bonchev–Trinajstić information content (AvgIpc) is 2.82. The topological polar surface area (TPSA) is 40.5 Å². The van der Waals surface area contributed by atoms with E-state index in [4.69, 9.17) is 9.47 Å². The highest BCUT2D eigenvalue weighted by Gasteiger charge is 2.40. The smallest absolute Gasteiger partial charge is 0.250 e. The lowest BCUT2D eigenvalue weighted by atomic mass is 9.81. The van der Waals surface area contributed by atoms with Crippen molar-refractivity contribution >= 4 is 0 Å². The molecule has 0 aromatic carbocycles. The van der Waals surface area contributed by atoms with Gasteiger partial charge in [-0.1, -0.05) is 6.07 Å². The van der Waals surface area contributed by atoms with Crippen molar-refractivity contribution in [1.82, 2.24) is 4.57 Å². The maximum Gasteiger partial charge on any atom is 0.250 e. The van der Waals surface area contributed by atoms with E-state index in [0.717, 1.165) is 38.9 Å². The number of aromatic nitrogens is 1. The monoisotopic (exact) mass is 249 g/mol. The molecule has 4 heteroatoms. The fourth-order valence-corrected chi connectivity index (χ4v) is 3.03. The van der Waals surface area contributed by atoms with Crippen molar-refractivity contribution in [2.24, 2.45) is 7.05 Å². The molecule has 0 N–H and O–H groups in total. The predicted octanol–water partition coefficient (Wildman–Crippen LogP) is 1.79. The largest absolute Gasteiger partial charge is 0.348 e. The van der Waals surface area contributed by atoms with E-state index in [1.807, 2.05) is 12.3 Å². The zero-order chi connectivity index (χ0) is 12.6. The van der Waals surface area contributed by atoms with Crippen molar-refractivity contribution in [2.45, 2.75) is 37.4 Å². The number of ether oxygens (including phenoxy) is 2. The molecular weight excluding hydrogens is 230 g/mol. The van der Waals surface area contributed by atoms with Crippen molar-refractivity contribution in [2.75, 3.05) is 13.2 Å². The summed E-state index contributed by atoms with van der Waals surface area (Å²) >= 11 is 0. The molecule has 1 aliphatic carbocycles. The quantitative estimate of drug-likeness (QED) is 0.762. The molecule has 2 aliphatic rings. The van der Waals surface area contributed by atoms with Crippen LogP contribution in [0.15, 0.2) is 23.1 Å². The maximum atomic E-state index is 11.4. The van der Waals surface area contributed by atoms with E-state index >= 15 is 0 Å². The van der Waals surface area contributed by atoms with Gasteiger partial charge in [0.15, 0.2) is 5.79 Å². The van der Waals surface area contributed by atoms with Gasteiger partial charge in [0.05, 0.1) is 13.2 Å². The highest BCUT2D eigenvalue weighted by Crippen LogP contribution is 2.41. The summed E-state index contributed by atoms with van der Waals surface area (Å²) in [6.07, 6.45) is 6.01. The summed E-state index contributed by atoms with van der Waals surface area (Å²) in [6.45, 7) is 1.45. The summed E-state index contributed by atoms with van der Waals surface area (Å²) in [7, 11) is 1.80. The summed E-state index contributed by atoms with van der Waals surface area (Å²) in [5.74, 6) is 0.229. The number of hydrogen-bond acceptors (Lipinski definition) is 3. The zero-order valence-electron chi connectivity index (χ0n) is 10.7. The van der Waals surface area contributed by atoms with Gasteiger partial charge in [0.1, 0.15) is 0 Å². The second kappa shape index (κ2) is 4.52. The number of nitrogens with zero attached hydrogens (tertiary/aromatic N) is 1. The first-order valence-electron chi connectivity index (χ1n) is 6.63. The molecule has 0 amide bonds. The minimum absolute atomic E-state index is 0.0495. The SMILES string of the molecule is Cn1cc(C2CCC3(CC2)OCCO3)ccc1=O. The van der Waals surface area contributed by atoms with Crippen molar-refractivity contribution in [3.63, 3.8) is 0 Å². The van der Waals surface area contributed by atoms with E-state index < -0.39 is 0 Å². The molecule has 2 heterocycles. The van der Waals surface area contributed by atoms with Crippen molar-refractivity contribution < 1.29 is 9.47 Å². The Bertz CT molecular complexity index is 478. The second-order valence-electron chi connectivity index (χ2n) is 5.29. The van der Waals surface area contributed by atoms with Crippen LogP contribution in [0.5, 0.6) is 0 Å². The summed E-state index contributed by atoms with van der Waals surface area (Å²) < 4.78 is 13.1. The Morgan fingerprint density at radius 3 is 2.50 bits per heavy atom. The molecule has 98 valence electrons. The fraction of sp³-hybridized carbons (Fsp3) is 0.643. The van der Waals surface area contributed by atoms with Gasteiger partial charge in [-0.3, -0.25) is 4.79 Å². The van der Waals surface area contributed by atoms with Crippen LogP contribution in [0.3, 0.4) is 0 Å². The molecule has 2 fully saturated rings. The molecule has 0 bridgehead atoms. The number of pyridine rings is 1. The molecule has 1 saturated heterocycles. The molecule has 0 radical (unpaired) electrons. The van der Waals surface area contributed by atoms with Gasteiger partial charge < -0.3 is 14.0 Å². The maximum absolute atomic E-state index is 11.4. The van der Waals surface area contributed by atoms with E-state index in [0.29, 0.717) is 5.92 Å². The third-order valence-electron chi connectivity index (χ3n) is 4.14. The van der Waals surface area contributed by atoms with Gasteiger partial charge in [-0.2, -0.15) is 0 Å². The van der Waals surface area contributed by atoms with Gasteiger partial charge in [-0.25, -0.2) is 0 Å². The van der Waals surface area contributed by atoms with Gasteiger partial charge in [0, 0.05) is 32.2 Å². The summed E-state index contributed by atoms with van der Waals surface area (Å²) in [6, 6.07) is 3.61. The first kappa shape index (κ1) is 11.9. The highest BCUT2D eigenvalue weighted by atomic mass is 16.7. The third-order valence-corrected chi connectivity index (χ3v) is 4.14. The summed E-state index contributed by atoms with van der Waals surface area (Å²) in [5, 5.41) is 0. The fourth-order valence-electron chi connectivity index (χ4n) is 3.03. The van der Waals surface area contributed by atoms with Gasteiger partial charge in [-0.15, -0.1) is 0 Å². The van der Waals surface area contributed by atoms with Crippen LogP contribution in [-0.2, 0) is 16.5 Å². The summed E-state index contributed by atoms with van der Waals surface area (Å²) in [5.41, 5.74) is 1.30. The van der Waals surface area contributed by atoms with E-state index in [9.17, 15) is 4.79 Å². The van der Waals surface area contributed by atoms with E-state index in [1.165, 1.54) is 5.56 Å². The Morgan fingerprint density at radius 1 is 1.22 bits per heavy atom. The van der Waals surface area contributed by atoms with E-state index in [1.54, 1.807) is 17.7 Å². The van der Waals surface area contributed by atoms with Crippen LogP contribution in [0.4, 0.5) is 0 Å². The van der Waals surface area contributed by atoms with Gasteiger partial charge >= 0.3 is 0 Å². The van der Waals surface area contributed by atoms with Crippen LogP contribution in [-0.4, -0.2) is 23.6 Å². The summed E-state index contributed by atoms with van der Waals surface area (Å²) in [4.78, 5) is 11.4. The molecule has 4 nitrogen and oxygen atoms in total. The van der Waals surface area contributed by atoms with E-state index in [2.05, 4.69) is 0 Å². The van der Waals surface area contributed by atoms with Gasteiger partial charge in [-0.05, 0) is 24.3 Å². The molecule has 1 aromatic heterocycles. The molecule has 1 aromatic rings. The van der Waals surface area contributed by atoms with Crippen LogP contribution >= 0.6 is 0 Å². The Labute approximate surface area is 107 Å². The first-order chi connectivity index (χ1) is 8.69.